The summed E-state index contributed by atoms with van der Waals surface area (Å²) >= 11 is 1.36. The summed E-state index contributed by atoms with van der Waals surface area (Å²) in [5, 5.41) is 3.59. The van der Waals surface area contributed by atoms with E-state index in [4.69, 9.17) is 0 Å². The smallest absolute Gasteiger partial charge is 0.230 e. The molecule has 1 aromatic carbocycles. The summed E-state index contributed by atoms with van der Waals surface area (Å²) in [5.41, 5.74) is 3.03. The molecule has 0 atom stereocenters. The van der Waals surface area contributed by atoms with Gasteiger partial charge in [-0.05, 0) is 24.1 Å². The Balaban J connectivity index is 1.78. The lowest BCUT2D eigenvalue weighted by atomic mass is 10.1. The summed E-state index contributed by atoms with van der Waals surface area (Å²) in [6.45, 7) is 2.78. The molecule has 25 heavy (non-hydrogen) atoms. The van der Waals surface area contributed by atoms with E-state index in [1.54, 1.807) is 12.3 Å². The van der Waals surface area contributed by atoms with Crippen molar-refractivity contribution in [1.82, 2.24) is 20.3 Å². The van der Waals surface area contributed by atoms with Crippen molar-refractivity contribution >= 4 is 28.7 Å². The Labute approximate surface area is 149 Å². The van der Waals surface area contributed by atoms with Crippen molar-refractivity contribution in [2.24, 2.45) is 0 Å². The predicted molar refractivity (Wildman–Crippen MR) is 97.9 cm³/mol. The minimum Gasteiger partial charge on any atom is -0.357 e. The maximum Gasteiger partial charge on any atom is 0.230 e. The van der Waals surface area contributed by atoms with Crippen LogP contribution in [0.25, 0.3) is 22.2 Å². The Morgan fingerprint density at radius 3 is 3.04 bits per heavy atom. The Morgan fingerprint density at radius 2 is 2.24 bits per heavy atom. The molecule has 0 radical (unpaired) electrons. The molecule has 0 saturated carbocycles. The number of hydrogen-bond donors (Lipinski definition) is 2. The molecule has 3 aromatic rings. The highest BCUT2D eigenvalue weighted by atomic mass is 32.2. The van der Waals surface area contributed by atoms with Crippen LogP contribution in [0.1, 0.15) is 19.8 Å². The number of nitrogens with one attached hydrogen (secondary N) is 2. The monoisotopic (exact) mass is 358 g/mol. The zero-order chi connectivity index (χ0) is 17.6. The summed E-state index contributed by atoms with van der Waals surface area (Å²) < 4.78 is 13.5. The number of amides is 1. The molecule has 0 unspecified atom stereocenters. The van der Waals surface area contributed by atoms with Gasteiger partial charge in [0.05, 0.1) is 11.3 Å². The second kappa shape index (κ2) is 8.11. The fraction of sp³-hybridized carbons (Fsp3) is 0.278. The molecule has 1 amide bonds. The molecule has 7 heteroatoms. The van der Waals surface area contributed by atoms with Crippen molar-refractivity contribution in [2.75, 3.05) is 12.3 Å². The van der Waals surface area contributed by atoms with Crippen LogP contribution < -0.4 is 5.32 Å². The number of fused-ring (bicyclic) bond motifs is 1. The van der Waals surface area contributed by atoms with E-state index in [0.29, 0.717) is 17.3 Å². The first-order valence-electron chi connectivity index (χ1n) is 8.16. The van der Waals surface area contributed by atoms with E-state index in [-0.39, 0.29) is 11.7 Å². The van der Waals surface area contributed by atoms with Gasteiger partial charge in [0, 0.05) is 18.3 Å². The van der Waals surface area contributed by atoms with Crippen LogP contribution in [-0.2, 0) is 4.79 Å². The molecular formula is C18H19FN4OS. The number of carbonyl (C=O) groups is 1. The number of carbonyl (C=O) groups excluding carboxylic acids is 1. The summed E-state index contributed by atoms with van der Waals surface area (Å²) in [6.07, 6.45) is 5.28. The number of benzene rings is 1. The van der Waals surface area contributed by atoms with E-state index in [1.807, 2.05) is 6.07 Å². The third kappa shape index (κ3) is 4.17. The fourth-order valence-electron chi connectivity index (χ4n) is 2.49. The highest BCUT2D eigenvalue weighted by Crippen LogP contribution is 2.31. The Bertz CT molecular complexity index is 880. The standard InChI is InChI=1S/C18H19FN4OS/c1-2-3-7-20-15(24)10-25-18-17-16(22-11-23-18)14(9-21-17)12-5-4-6-13(19)8-12/h4-6,8-9,11,21H,2-3,7,10H2,1H3,(H,20,24). The van der Waals surface area contributed by atoms with E-state index in [2.05, 4.69) is 27.2 Å². The summed E-state index contributed by atoms with van der Waals surface area (Å²) in [4.78, 5) is 23.6. The van der Waals surface area contributed by atoms with Crippen LogP contribution in [-0.4, -0.2) is 33.2 Å². The molecule has 0 spiro atoms. The van der Waals surface area contributed by atoms with Crippen molar-refractivity contribution in [3.05, 3.63) is 42.6 Å². The lowest BCUT2D eigenvalue weighted by Gasteiger charge is -2.05. The number of unbranched alkanes of at least 4 members (excludes halogenated alkanes) is 1. The molecule has 5 nitrogen and oxygen atoms in total. The van der Waals surface area contributed by atoms with Gasteiger partial charge in [0.1, 0.15) is 22.7 Å². The summed E-state index contributed by atoms with van der Waals surface area (Å²) in [6, 6.07) is 6.38. The SMILES string of the molecule is CCCCNC(=O)CSc1ncnc2c(-c3cccc(F)c3)c[nH]c12. The summed E-state index contributed by atoms with van der Waals surface area (Å²) in [7, 11) is 0. The normalized spacial score (nSPS) is 11.0. The maximum atomic E-state index is 13.5. The average Bonchev–Trinajstić information content (AvgIpc) is 3.05. The van der Waals surface area contributed by atoms with Crippen LogP contribution in [0.15, 0.2) is 41.8 Å². The van der Waals surface area contributed by atoms with Crippen molar-refractivity contribution in [3.8, 4) is 11.1 Å². The highest BCUT2D eigenvalue weighted by Gasteiger charge is 2.13. The first-order valence-corrected chi connectivity index (χ1v) is 9.15. The van der Waals surface area contributed by atoms with Crippen molar-refractivity contribution in [3.63, 3.8) is 0 Å². The molecule has 0 aliphatic heterocycles. The highest BCUT2D eigenvalue weighted by molar-refractivity contribution is 8.00. The third-order valence-corrected chi connectivity index (χ3v) is 4.75. The number of nitrogens with zero attached hydrogens (tertiary/aromatic N) is 2. The van der Waals surface area contributed by atoms with E-state index in [0.717, 1.165) is 35.0 Å². The lowest BCUT2D eigenvalue weighted by molar-refractivity contribution is -0.118. The van der Waals surface area contributed by atoms with Crippen LogP contribution in [0.3, 0.4) is 0 Å². The van der Waals surface area contributed by atoms with E-state index in [1.165, 1.54) is 30.2 Å². The van der Waals surface area contributed by atoms with Gasteiger partial charge in [-0.15, -0.1) is 0 Å². The Hall–Kier alpha value is -2.41. The number of rotatable bonds is 7. The van der Waals surface area contributed by atoms with E-state index in [9.17, 15) is 9.18 Å². The fourth-order valence-corrected chi connectivity index (χ4v) is 3.28. The molecule has 3 rings (SSSR count). The number of thioether (sulfide) groups is 1. The minimum absolute atomic E-state index is 0.0119. The average molecular weight is 358 g/mol. The molecule has 130 valence electrons. The van der Waals surface area contributed by atoms with Crippen LogP contribution in [0.4, 0.5) is 4.39 Å². The maximum absolute atomic E-state index is 13.5. The van der Waals surface area contributed by atoms with Gasteiger partial charge in [-0.2, -0.15) is 0 Å². The second-order valence-corrected chi connectivity index (χ2v) is 6.57. The molecule has 2 N–H and O–H groups in total. The van der Waals surface area contributed by atoms with Gasteiger partial charge in [0.2, 0.25) is 5.91 Å². The zero-order valence-electron chi connectivity index (χ0n) is 13.9. The van der Waals surface area contributed by atoms with Crippen molar-refractivity contribution in [1.29, 1.82) is 0 Å². The quantitative estimate of drug-likeness (QED) is 0.383. The molecule has 0 aliphatic rings. The minimum atomic E-state index is -0.292. The van der Waals surface area contributed by atoms with Crippen LogP contribution in [0, 0.1) is 5.82 Å². The number of H-pyrrole nitrogens is 1. The second-order valence-electron chi connectivity index (χ2n) is 5.61. The lowest BCUT2D eigenvalue weighted by Crippen LogP contribution is -2.26. The van der Waals surface area contributed by atoms with Gasteiger partial charge in [0.25, 0.3) is 0 Å². The van der Waals surface area contributed by atoms with Gasteiger partial charge >= 0.3 is 0 Å². The van der Waals surface area contributed by atoms with Gasteiger partial charge in [0.15, 0.2) is 0 Å². The van der Waals surface area contributed by atoms with E-state index >= 15 is 0 Å². The van der Waals surface area contributed by atoms with Gasteiger partial charge < -0.3 is 10.3 Å². The van der Waals surface area contributed by atoms with Gasteiger partial charge in [-0.1, -0.05) is 37.2 Å². The topological polar surface area (TPSA) is 70.7 Å². The molecule has 2 aromatic heterocycles. The van der Waals surface area contributed by atoms with Crippen LogP contribution in [0.5, 0.6) is 0 Å². The van der Waals surface area contributed by atoms with Crippen LogP contribution >= 0.6 is 11.8 Å². The summed E-state index contributed by atoms with van der Waals surface area (Å²) in [5.74, 6) is -0.00850. The molecular weight excluding hydrogens is 339 g/mol. The first-order chi connectivity index (χ1) is 12.2. The van der Waals surface area contributed by atoms with E-state index < -0.39 is 0 Å². The zero-order valence-corrected chi connectivity index (χ0v) is 14.7. The number of hydrogen-bond acceptors (Lipinski definition) is 4. The Kier molecular flexibility index (Phi) is 5.65. The molecule has 0 fully saturated rings. The van der Waals surface area contributed by atoms with Crippen molar-refractivity contribution < 1.29 is 9.18 Å². The third-order valence-electron chi connectivity index (χ3n) is 3.76. The number of aromatic amines is 1. The number of aromatic nitrogens is 3. The van der Waals surface area contributed by atoms with Gasteiger partial charge in [-0.25, -0.2) is 14.4 Å². The molecule has 0 saturated heterocycles. The number of halogens is 1. The first kappa shape index (κ1) is 17.4. The van der Waals surface area contributed by atoms with Crippen molar-refractivity contribution in [2.45, 2.75) is 24.8 Å². The molecule has 0 aliphatic carbocycles. The van der Waals surface area contributed by atoms with Crippen LogP contribution in [0.2, 0.25) is 0 Å². The Morgan fingerprint density at radius 1 is 1.36 bits per heavy atom. The van der Waals surface area contributed by atoms with Gasteiger partial charge in [-0.3, -0.25) is 4.79 Å². The molecule has 0 bridgehead atoms. The largest absolute Gasteiger partial charge is 0.357 e. The molecule has 2 heterocycles. The predicted octanol–water partition coefficient (Wildman–Crippen LogP) is 3.77.